The first-order valence-electron chi connectivity index (χ1n) is 8.55. The van der Waals surface area contributed by atoms with E-state index in [1.54, 1.807) is 29.2 Å². The zero-order valence-electron chi connectivity index (χ0n) is 14.9. The summed E-state index contributed by atoms with van der Waals surface area (Å²) in [4.78, 5) is 19.4. The first-order valence-corrected chi connectivity index (χ1v) is 8.55. The lowest BCUT2D eigenvalue weighted by Gasteiger charge is -2.24. The van der Waals surface area contributed by atoms with E-state index in [0.717, 1.165) is 0 Å². The maximum Gasteiger partial charge on any atom is 0.248 e. The molecule has 0 spiro atoms. The molecular weight excluding hydrogens is 354 g/mol. The minimum absolute atomic E-state index is 0.0837. The highest BCUT2D eigenvalue weighted by Crippen LogP contribution is 2.19. The molecule has 0 saturated heterocycles. The van der Waals surface area contributed by atoms with Crippen molar-refractivity contribution in [3.63, 3.8) is 0 Å². The first kappa shape index (κ1) is 19.0. The summed E-state index contributed by atoms with van der Waals surface area (Å²) in [6, 6.07) is 12.2. The zero-order chi connectivity index (χ0) is 19.2. The van der Waals surface area contributed by atoms with Gasteiger partial charge in [0.25, 0.3) is 0 Å². The van der Waals surface area contributed by atoms with Crippen LogP contribution in [-0.2, 0) is 20.9 Å². The van der Waals surface area contributed by atoms with Crippen molar-refractivity contribution in [2.24, 2.45) is 5.16 Å². The summed E-state index contributed by atoms with van der Waals surface area (Å²) in [5, 5.41) is 4.03. The van der Waals surface area contributed by atoms with E-state index in [1.165, 1.54) is 31.4 Å². The molecule has 2 aromatic carbocycles. The Labute approximate surface area is 156 Å². The smallest absolute Gasteiger partial charge is 0.248 e. The molecule has 1 aliphatic rings. The van der Waals surface area contributed by atoms with Crippen LogP contribution in [-0.4, -0.2) is 42.9 Å². The minimum Gasteiger partial charge on any atom is -0.390 e. The molecule has 27 heavy (non-hydrogen) atoms. The topological polar surface area (TPSA) is 51.1 Å². The summed E-state index contributed by atoms with van der Waals surface area (Å²) >= 11 is 0. The summed E-state index contributed by atoms with van der Waals surface area (Å²) in [5.41, 5.74) is 1.95. The second kappa shape index (κ2) is 8.73. The van der Waals surface area contributed by atoms with Gasteiger partial charge in [0.2, 0.25) is 5.91 Å². The predicted molar refractivity (Wildman–Crippen MR) is 96.1 cm³/mol. The van der Waals surface area contributed by atoms with Crippen LogP contribution in [0.15, 0.2) is 53.7 Å². The van der Waals surface area contributed by atoms with Gasteiger partial charge in [0.15, 0.2) is 6.10 Å². The Morgan fingerprint density at radius 2 is 1.96 bits per heavy atom. The highest BCUT2D eigenvalue weighted by molar-refractivity contribution is 6.01. The molecular formula is C20H20F2N2O3. The van der Waals surface area contributed by atoms with E-state index in [2.05, 4.69) is 5.16 Å². The summed E-state index contributed by atoms with van der Waals surface area (Å²) in [5.74, 6) is -0.938. The maximum atomic E-state index is 13.4. The second-order valence-corrected chi connectivity index (χ2v) is 6.32. The van der Waals surface area contributed by atoms with Crippen molar-refractivity contribution >= 4 is 11.6 Å². The molecule has 2 aromatic rings. The molecule has 142 valence electrons. The largest absolute Gasteiger partial charge is 0.390 e. The average Bonchev–Trinajstić information content (AvgIpc) is 3.10. The van der Waals surface area contributed by atoms with Crippen LogP contribution in [0.25, 0.3) is 0 Å². The molecule has 1 amide bonds. The van der Waals surface area contributed by atoms with Crippen LogP contribution in [0, 0.1) is 11.6 Å². The summed E-state index contributed by atoms with van der Waals surface area (Å²) in [6.07, 6.45) is 0.0845. The van der Waals surface area contributed by atoms with Gasteiger partial charge in [-0.25, -0.2) is 8.78 Å². The standard InChI is InChI=1S/C20H20F2N2O3/c1-26-13-20(25)24(11-14-4-2-6-16(21)8-14)12-18-10-19(23-27-18)15-5-3-7-17(22)9-15/h2-9,18H,10-13H2,1H3/t18-/m1/s1. The number of oxime groups is 1. The third-order valence-corrected chi connectivity index (χ3v) is 4.20. The van der Waals surface area contributed by atoms with E-state index in [4.69, 9.17) is 9.57 Å². The van der Waals surface area contributed by atoms with Crippen LogP contribution in [0.3, 0.4) is 0 Å². The molecule has 0 saturated carbocycles. The monoisotopic (exact) mass is 374 g/mol. The third kappa shape index (κ3) is 5.10. The minimum atomic E-state index is -0.363. The Balaban J connectivity index is 1.67. The first-order chi connectivity index (χ1) is 13.0. The van der Waals surface area contributed by atoms with Crippen LogP contribution >= 0.6 is 0 Å². The SMILES string of the molecule is COCC(=O)N(Cc1cccc(F)c1)C[C@H]1CC(c2cccc(F)c2)=NO1. The molecule has 0 N–H and O–H groups in total. The van der Waals surface area contributed by atoms with E-state index in [9.17, 15) is 13.6 Å². The van der Waals surface area contributed by atoms with E-state index < -0.39 is 0 Å². The number of halogens is 2. The van der Waals surface area contributed by atoms with Crippen molar-refractivity contribution in [2.45, 2.75) is 19.1 Å². The van der Waals surface area contributed by atoms with Crippen LogP contribution in [0.5, 0.6) is 0 Å². The zero-order valence-corrected chi connectivity index (χ0v) is 14.9. The predicted octanol–water partition coefficient (Wildman–Crippen LogP) is 3.13. The summed E-state index contributed by atoms with van der Waals surface area (Å²) < 4.78 is 31.8. The Hall–Kier alpha value is -2.80. The van der Waals surface area contributed by atoms with Gasteiger partial charge < -0.3 is 14.5 Å². The van der Waals surface area contributed by atoms with Crippen LogP contribution in [0.4, 0.5) is 8.78 Å². The summed E-state index contributed by atoms with van der Waals surface area (Å²) in [6.45, 7) is 0.412. The molecule has 7 heteroatoms. The lowest BCUT2D eigenvalue weighted by molar-refractivity contribution is -0.137. The fourth-order valence-electron chi connectivity index (χ4n) is 2.94. The molecule has 1 heterocycles. The number of amides is 1. The number of hydrogen-bond donors (Lipinski definition) is 0. The molecule has 5 nitrogen and oxygen atoms in total. The lowest BCUT2D eigenvalue weighted by atomic mass is 10.0. The van der Waals surface area contributed by atoms with Gasteiger partial charge >= 0.3 is 0 Å². The van der Waals surface area contributed by atoms with Gasteiger partial charge in [-0.1, -0.05) is 29.4 Å². The van der Waals surface area contributed by atoms with E-state index in [-0.39, 0.29) is 43.3 Å². The molecule has 0 aromatic heterocycles. The number of ether oxygens (including phenoxy) is 1. The van der Waals surface area contributed by atoms with Crippen LogP contribution in [0.1, 0.15) is 17.5 Å². The van der Waals surface area contributed by atoms with Gasteiger partial charge in [0, 0.05) is 25.6 Å². The number of nitrogens with zero attached hydrogens (tertiary/aromatic N) is 2. The Bertz CT molecular complexity index is 841. The van der Waals surface area contributed by atoms with Crippen molar-refractivity contribution in [1.29, 1.82) is 0 Å². The van der Waals surface area contributed by atoms with Gasteiger partial charge in [-0.15, -0.1) is 0 Å². The van der Waals surface area contributed by atoms with Crippen molar-refractivity contribution in [2.75, 3.05) is 20.3 Å². The Kier molecular flexibility index (Phi) is 6.13. The molecule has 0 aliphatic carbocycles. The normalized spacial score (nSPS) is 16.0. The highest BCUT2D eigenvalue weighted by atomic mass is 19.1. The quantitative estimate of drug-likeness (QED) is 0.748. The number of carbonyl (C=O) groups excluding carboxylic acids is 1. The third-order valence-electron chi connectivity index (χ3n) is 4.20. The van der Waals surface area contributed by atoms with Gasteiger partial charge in [0.05, 0.1) is 12.3 Å². The number of rotatable bonds is 7. The fourth-order valence-corrected chi connectivity index (χ4v) is 2.94. The van der Waals surface area contributed by atoms with Crippen molar-refractivity contribution in [3.8, 4) is 0 Å². The average molecular weight is 374 g/mol. The molecule has 1 aliphatic heterocycles. The second-order valence-electron chi connectivity index (χ2n) is 6.32. The molecule has 1 atom stereocenters. The van der Waals surface area contributed by atoms with Gasteiger partial charge in [0.1, 0.15) is 18.2 Å². The van der Waals surface area contributed by atoms with Gasteiger partial charge in [-0.2, -0.15) is 0 Å². The number of hydrogen-bond acceptors (Lipinski definition) is 4. The summed E-state index contributed by atoms with van der Waals surface area (Å²) in [7, 11) is 1.44. The van der Waals surface area contributed by atoms with Crippen LogP contribution in [0.2, 0.25) is 0 Å². The number of benzene rings is 2. The lowest BCUT2D eigenvalue weighted by Crippen LogP contribution is -2.39. The maximum absolute atomic E-state index is 13.4. The van der Waals surface area contributed by atoms with E-state index in [1.807, 2.05) is 0 Å². The molecule has 0 unspecified atom stereocenters. The van der Waals surface area contributed by atoms with Crippen molar-refractivity contribution in [3.05, 3.63) is 71.3 Å². The van der Waals surface area contributed by atoms with Gasteiger partial charge in [-0.05, 0) is 29.8 Å². The van der Waals surface area contributed by atoms with Crippen LogP contribution < -0.4 is 0 Å². The number of carbonyl (C=O) groups is 1. The Morgan fingerprint density at radius 3 is 2.67 bits per heavy atom. The molecule has 0 bridgehead atoms. The fraction of sp³-hybridized carbons (Fsp3) is 0.300. The van der Waals surface area contributed by atoms with Crippen molar-refractivity contribution < 1.29 is 23.1 Å². The number of methoxy groups -OCH3 is 1. The van der Waals surface area contributed by atoms with E-state index in [0.29, 0.717) is 23.3 Å². The molecule has 0 fully saturated rings. The molecule has 0 radical (unpaired) electrons. The van der Waals surface area contributed by atoms with E-state index >= 15 is 0 Å². The van der Waals surface area contributed by atoms with Gasteiger partial charge in [-0.3, -0.25) is 4.79 Å². The highest BCUT2D eigenvalue weighted by Gasteiger charge is 2.27. The molecule has 3 rings (SSSR count). The Morgan fingerprint density at radius 1 is 1.22 bits per heavy atom. The van der Waals surface area contributed by atoms with Crippen molar-refractivity contribution in [1.82, 2.24) is 4.90 Å².